The molecule has 0 radical (unpaired) electrons. The van der Waals surface area contributed by atoms with E-state index < -0.39 is 10.0 Å². The number of hydrogen-bond donors (Lipinski definition) is 1. The van der Waals surface area contributed by atoms with Gasteiger partial charge in [-0.2, -0.15) is 4.31 Å². The summed E-state index contributed by atoms with van der Waals surface area (Å²) in [4.78, 5) is 12.4. The Hall–Kier alpha value is -2.38. The van der Waals surface area contributed by atoms with E-state index in [0.29, 0.717) is 11.3 Å². The zero-order valence-electron chi connectivity index (χ0n) is 16.3. The Balaban J connectivity index is 2.10. The predicted molar refractivity (Wildman–Crippen MR) is 105 cm³/mol. The molecule has 2 rings (SSSR count). The summed E-state index contributed by atoms with van der Waals surface area (Å²) in [6.45, 7) is 5.95. The number of methoxy groups -OCH3 is 1. The first kappa shape index (κ1) is 20.9. The van der Waals surface area contributed by atoms with Crippen molar-refractivity contribution in [1.29, 1.82) is 0 Å². The van der Waals surface area contributed by atoms with Crippen molar-refractivity contribution < 1.29 is 17.9 Å². The summed E-state index contributed by atoms with van der Waals surface area (Å²) < 4.78 is 31.7. The Kier molecular flexibility index (Phi) is 6.28. The predicted octanol–water partition coefficient (Wildman–Crippen LogP) is 3.04. The topological polar surface area (TPSA) is 75.7 Å². The van der Waals surface area contributed by atoms with Crippen molar-refractivity contribution >= 4 is 15.9 Å². The molecular weight excluding hydrogens is 364 g/mol. The van der Waals surface area contributed by atoms with E-state index >= 15 is 0 Å². The van der Waals surface area contributed by atoms with Crippen LogP contribution < -0.4 is 10.1 Å². The van der Waals surface area contributed by atoms with Gasteiger partial charge in [0, 0.05) is 24.7 Å². The number of hydrogen-bond acceptors (Lipinski definition) is 4. The van der Waals surface area contributed by atoms with Gasteiger partial charge in [0.05, 0.1) is 12.0 Å². The number of amides is 1. The quantitative estimate of drug-likeness (QED) is 0.823. The van der Waals surface area contributed by atoms with Crippen LogP contribution in [0.4, 0.5) is 0 Å². The van der Waals surface area contributed by atoms with Crippen molar-refractivity contribution in [2.24, 2.45) is 0 Å². The summed E-state index contributed by atoms with van der Waals surface area (Å²) in [5, 5.41) is 2.90. The number of nitrogens with one attached hydrogen (secondary N) is 1. The van der Waals surface area contributed by atoms with Crippen LogP contribution in [0.5, 0.6) is 5.75 Å². The molecule has 7 heteroatoms. The number of nitrogens with zero attached hydrogens (tertiary/aromatic N) is 1. The van der Waals surface area contributed by atoms with Crippen LogP contribution in [-0.4, -0.2) is 38.3 Å². The fraction of sp³-hybridized carbons (Fsp3) is 0.350. The Morgan fingerprint density at radius 3 is 2.07 bits per heavy atom. The van der Waals surface area contributed by atoms with Gasteiger partial charge in [-0.25, -0.2) is 8.42 Å². The molecule has 2 aromatic rings. The molecular formula is C20H26N2O4S. The average molecular weight is 391 g/mol. The fourth-order valence-electron chi connectivity index (χ4n) is 2.44. The van der Waals surface area contributed by atoms with Gasteiger partial charge < -0.3 is 10.1 Å². The SMILES string of the molecule is COc1ccc(S(=O)(=O)N(C)Cc2ccc(C(=O)NC(C)(C)C)cc2)cc1. The molecule has 0 saturated heterocycles. The van der Waals surface area contributed by atoms with Crippen LogP contribution in [0.25, 0.3) is 0 Å². The van der Waals surface area contributed by atoms with Crippen molar-refractivity contribution in [3.63, 3.8) is 0 Å². The lowest BCUT2D eigenvalue weighted by molar-refractivity contribution is 0.0919. The highest BCUT2D eigenvalue weighted by molar-refractivity contribution is 7.89. The lowest BCUT2D eigenvalue weighted by Crippen LogP contribution is -2.40. The van der Waals surface area contributed by atoms with Gasteiger partial charge in [-0.3, -0.25) is 4.79 Å². The molecule has 0 atom stereocenters. The number of carbonyl (C=O) groups is 1. The van der Waals surface area contributed by atoms with Gasteiger partial charge in [0.15, 0.2) is 0 Å². The third-order valence-corrected chi connectivity index (χ3v) is 5.70. The molecule has 0 aliphatic rings. The molecule has 6 nitrogen and oxygen atoms in total. The first-order valence-corrected chi connectivity index (χ1v) is 9.99. The Morgan fingerprint density at radius 1 is 1.04 bits per heavy atom. The van der Waals surface area contributed by atoms with E-state index in [1.165, 1.54) is 30.6 Å². The summed E-state index contributed by atoms with van der Waals surface area (Å²) in [7, 11) is -0.558. The lowest BCUT2D eigenvalue weighted by Gasteiger charge is -2.21. The largest absolute Gasteiger partial charge is 0.497 e. The summed E-state index contributed by atoms with van der Waals surface area (Å²) >= 11 is 0. The van der Waals surface area contributed by atoms with Crippen molar-refractivity contribution in [2.75, 3.05) is 14.2 Å². The second kappa shape index (κ2) is 8.10. The molecule has 0 aromatic heterocycles. The average Bonchev–Trinajstić information content (AvgIpc) is 2.60. The van der Waals surface area contributed by atoms with Gasteiger partial charge in [-0.15, -0.1) is 0 Å². The molecule has 0 aliphatic heterocycles. The fourth-order valence-corrected chi connectivity index (χ4v) is 3.60. The van der Waals surface area contributed by atoms with Crippen LogP contribution in [-0.2, 0) is 16.6 Å². The summed E-state index contributed by atoms with van der Waals surface area (Å²) in [5.74, 6) is 0.439. The van der Waals surface area contributed by atoms with Crippen LogP contribution >= 0.6 is 0 Å². The smallest absolute Gasteiger partial charge is 0.251 e. The first-order chi connectivity index (χ1) is 12.5. The second-order valence-corrected chi connectivity index (χ2v) is 9.38. The van der Waals surface area contributed by atoms with Crippen LogP contribution in [0.15, 0.2) is 53.4 Å². The molecule has 0 aliphatic carbocycles. The minimum Gasteiger partial charge on any atom is -0.497 e. The zero-order valence-corrected chi connectivity index (χ0v) is 17.1. The number of sulfonamides is 1. The first-order valence-electron chi connectivity index (χ1n) is 8.55. The number of benzene rings is 2. The molecule has 0 saturated carbocycles. The number of ether oxygens (including phenoxy) is 1. The highest BCUT2D eigenvalue weighted by Crippen LogP contribution is 2.20. The van der Waals surface area contributed by atoms with Crippen molar-refractivity contribution in [3.8, 4) is 5.75 Å². The molecule has 0 heterocycles. The van der Waals surface area contributed by atoms with E-state index in [1.54, 1.807) is 36.4 Å². The summed E-state index contributed by atoms with van der Waals surface area (Å²) in [6.07, 6.45) is 0. The van der Waals surface area contributed by atoms with E-state index in [1.807, 2.05) is 20.8 Å². The molecule has 0 unspecified atom stereocenters. The van der Waals surface area contributed by atoms with E-state index in [-0.39, 0.29) is 22.9 Å². The van der Waals surface area contributed by atoms with Crippen molar-refractivity contribution in [3.05, 3.63) is 59.7 Å². The van der Waals surface area contributed by atoms with Crippen LogP contribution in [0.3, 0.4) is 0 Å². The van der Waals surface area contributed by atoms with Gasteiger partial charge in [0.1, 0.15) is 5.75 Å². The van der Waals surface area contributed by atoms with Crippen LogP contribution in [0.2, 0.25) is 0 Å². The van der Waals surface area contributed by atoms with Crippen LogP contribution in [0, 0.1) is 0 Å². The molecule has 1 amide bonds. The van der Waals surface area contributed by atoms with Gasteiger partial charge >= 0.3 is 0 Å². The molecule has 146 valence electrons. The highest BCUT2D eigenvalue weighted by Gasteiger charge is 2.21. The number of carbonyl (C=O) groups excluding carboxylic acids is 1. The zero-order chi connectivity index (χ0) is 20.2. The van der Waals surface area contributed by atoms with Crippen molar-refractivity contribution in [2.45, 2.75) is 37.8 Å². The Bertz CT molecular complexity index is 883. The third-order valence-electron chi connectivity index (χ3n) is 3.88. The second-order valence-electron chi connectivity index (χ2n) is 7.34. The minimum atomic E-state index is -3.61. The minimum absolute atomic E-state index is 0.159. The molecule has 2 aromatic carbocycles. The van der Waals surface area contributed by atoms with Gasteiger partial charge in [-0.05, 0) is 62.7 Å². The van der Waals surface area contributed by atoms with Gasteiger partial charge in [-0.1, -0.05) is 12.1 Å². The maximum atomic E-state index is 12.7. The van der Waals surface area contributed by atoms with E-state index in [4.69, 9.17) is 4.74 Å². The standard InChI is InChI=1S/C20H26N2O4S/c1-20(2,3)21-19(23)16-8-6-15(7-9-16)14-22(4)27(24,25)18-12-10-17(26-5)11-13-18/h6-13H,14H2,1-5H3,(H,21,23). The van der Waals surface area contributed by atoms with E-state index in [9.17, 15) is 13.2 Å². The van der Waals surface area contributed by atoms with Crippen molar-refractivity contribution in [1.82, 2.24) is 9.62 Å². The van der Waals surface area contributed by atoms with E-state index in [0.717, 1.165) is 5.56 Å². The molecule has 27 heavy (non-hydrogen) atoms. The Labute approximate surface area is 161 Å². The van der Waals surface area contributed by atoms with E-state index in [2.05, 4.69) is 5.32 Å². The lowest BCUT2D eigenvalue weighted by atomic mass is 10.1. The Morgan fingerprint density at radius 2 is 1.59 bits per heavy atom. The molecule has 1 N–H and O–H groups in total. The van der Waals surface area contributed by atoms with Gasteiger partial charge in [0.2, 0.25) is 10.0 Å². The third kappa shape index (κ3) is 5.55. The molecule has 0 spiro atoms. The normalized spacial score (nSPS) is 12.1. The maximum absolute atomic E-state index is 12.7. The highest BCUT2D eigenvalue weighted by atomic mass is 32.2. The maximum Gasteiger partial charge on any atom is 0.251 e. The van der Waals surface area contributed by atoms with Crippen LogP contribution in [0.1, 0.15) is 36.7 Å². The monoisotopic (exact) mass is 390 g/mol. The summed E-state index contributed by atoms with van der Waals surface area (Å²) in [6, 6.07) is 13.2. The number of rotatable bonds is 6. The van der Waals surface area contributed by atoms with Gasteiger partial charge in [0.25, 0.3) is 5.91 Å². The molecule has 0 bridgehead atoms. The summed E-state index contributed by atoms with van der Waals surface area (Å²) in [5.41, 5.74) is 1.01. The molecule has 0 fully saturated rings.